The molecule has 1 fully saturated rings. The van der Waals surface area contributed by atoms with Gasteiger partial charge in [-0.3, -0.25) is 10.1 Å². The molecule has 3 aromatic rings. The average molecular weight is 449 g/mol. The molecular weight excluding hydrogens is 412 g/mol. The molecule has 1 aliphatic heterocycles. The molecule has 1 atom stereocenters. The molecule has 1 saturated heterocycles. The predicted molar refractivity (Wildman–Crippen MR) is 131 cm³/mol. The van der Waals surface area contributed by atoms with Gasteiger partial charge in [-0.25, -0.2) is 0 Å². The number of nitrogens with one attached hydrogen (secondary N) is 1. The number of likely N-dealkylation sites (tertiary alicyclic amines) is 1. The number of H-pyrrole nitrogens is 1. The minimum atomic E-state index is -1.20. The highest BCUT2D eigenvalue weighted by Gasteiger charge is 2.55. The zero-order valence-electron chi connectivity index (χ0n) is 20.6. The smallest absolute Gasteiger partial charge is 0.124 e. The van der Waals surface area contributed by atoms with Crippen LogP contribution in [0.2, 0.25) is 0 Å². The van der Waals surface area contributed by atoms with E-state index in [1.165, 1.54) is 5.56 Å². The molecule has 0 unspecified atom stereocenters. The van der Waals surface area contributed by atoms with Gasteiger partial charge in [0.2, 0.25) is 0 Å². The summed E-state index contributed by atoms with van der Waals surface area (Å²) in [4.78, 5) is 6.83. The number of aromatic amines is 1. The van der Waals surface area contributed by atoms with Crippen LogP contribution in [0.5, 0.6) is 0 Å². The Morgan fingerprint density at radius 2 is 1.73 bits per heavy atom. The van der Waals surface area contributed by atoms with Crippen molar-refractivity contribution < 1.29 is 10.2 Å². The second-order valence-electron chi connectivity index (χ2n) is 10.5. The minimum absolute atomic E-state index is 0.355. The molecule has 176 valence electrons. The van der Waals surface area contributed by atoms with Gasteiger partial charge in [0.15, 0.2) is 0 Å². The molecule has 6 nitrogen and oxygen atoms in total. The number of hydrogen-bond acceptors (Lipinski definition) is 5. The zero-order valence-corrected chi connectivity index (χ0v) is 20.6. The van der Waals surface area contributed by atoms with Gasteiger partial charge in [0.05, 0.1) is 11.4 Å². The number of nitrogens with zero attached hydrogens (tertiary/aromatic N) is 3. The normalized spacial score (nSPS) is 18.2. The summed E-state index contributed by atoms with van der Waals surface area (Å²) in [5.41, 5.74) is 2.42. The van der Waals surface area contributed by atoms with Crippen molar-refractivity contribution in [2.75, 3.05) is 19.6 Å². The SMILES string of the molecule is CCN1CC(C)([C@](O)(c2ccc(C(C)C)cc2)c2cncc(-c3cc(C(C)(C)O)[nH]n3)c2)C1. The van der Waals surface area contributed by atoms with E-state index in [1.807, 2.05) is 12.1 Å². The molecule has 0 aliphatic carbocycles. The topological polar surface area (TPSA) is 85.3 Å². The van der Waals surface area contributed by atoms with Crippen LogP contribution < -0.4 is 0 Å². The molecule has 4 rings (SSSR count). The van der Waals surface area contributed by atoms with E-state index in [0.29, 0.717) is 17.3 Å². The zero-order chi connectivity index (χ0) is 24.0. The highest BCUT2D eigenvalue weighted by atomic mass is 16.3. The monoisotopic (exact) mass is 448 g/mol. The van der Waals surface area contributed by atoms with E-state index in [-0.39, 0.29) is 5.41 Å². The number of pyridine rings is 1. The second-order valence-corrected chi connectivity index (χ2v) is 10.5. The molecule has 0 radical (unpaired) electrons. The van der Waals surface area contributed by atoms with Crippen LogP contribution in [0.4, 0.5) is 0 Å². The highest BCUT2D eigenvalue weighted by Crippen LogP contribution is 2.50. The largest absolute Gasteiger partial charge is 0.384 e. The van der Waals surface area contributed by atoms with Crippen LogP contribution in [0.3, 0.4) is 0 Å². The third-order valence-electron chi connectivity index (χ3n) is 7.15. The number of rotatable bonds is 7. The Morgan fingerprint density at radius 1 is 1.06 bits per heavy atom. The molecule has 0 bridgehead atoms. The summed E-state index contributed by atoms with van der Waals surface area (Å²) >= 11 is 0. The first-order valence-corrected chi connectivity index (χ1v) is 11.8. The quantitative estimate of drug-likeness (QED) is 0.499. The van der Waals surface area contributed by atoms with E-state index < -0.39 is 11.2 Å². The number of hydrogen-bond donors (Lipinski definition) is 3. The van der Waals surface area contributed by atoms with Crippen LogP contribution >= 0.6 is 0 Å². The average Bonchev–Trinajstić information content (AvgIpc) is 3.27. The summed E-state index contributed by atoms with van der Waals surface area (Å²) in [6.45, 7) is 14.7. The number of aromatic nitrogens is 3. The summed E-state index contributed by atoms with van der Waals surface area (Å²) in [6, 6.07) is 12.2. The van der Waals surface area contributed by atoms with Gasteiger partial charge in [0.1, 0.15) is 11.2 Å². The Morgan fingerprint density at radius 3 is 2.27 bits per heavy atom. The standard InChI is InChI=1S/C27H36N4O2/c1-7-31-16-26(6,17-31)27(33,21-10-8-19(9-11-21)18(2)3)22-12-20(14-28-15-22)23-13-24(30-29-23)25(4,5)32/h8-15,18,32-33H,7,16-17H2,1-6H3,(H,29,30)/t27-/m0/s1. The van der Waals surface area contributed by atoms with Crippen molar-refractivity contribution in [1.29, 1.82) is 0 Å². The first kappa shape index (κ1) is 23.6. The predicted octanol–water partition coefficient (Wildman–Crippen LogP) is 4.40. The fraction of sp³-hybridized carbons (Fsp3) is 0.481. The molecule has 3 heterocycles. The second kappa shape index (κ2) is 8.35. The Hall–Kier alpha value is -2.54. The van der Waals surface area contributed by atoms with Crippen molar-refractivity contribution in [3.05, 3.63) is 71.2 Å². The molecular formula is C27H36N4O2. The van der Waals surface area contributed by atoms with Crippen LogP contribution in [0.15, 0.2) is 48.8 Å². The molecule has 2 aromatic heterocycles. The lowest BCUT2D eigenvalue weighted by molar-refractivity contribution is -0.134. The molecule has 6 heteroatoms. The third kappa shape index (κ3) is 4.12. The van der Waals surface area contributed by atoms with Gasteiger partial charge in [0.25, 0.3) is 0 Å². The van der Waals surface area contributed by atoms with Gasteiger partial charge < -0.3 is 15.1 Å². The van der Waals surface area contributed by atoms with Crippen LogP contribution in [0.1, 0.15) is 69.8 Å². The first-order valence-electron chi connectivity index (χ1n) is 11.8. The highest BCUT2D eigenvalue weighted by molar-refractivity contribution is 5.60. The molecule has 0 spiro atoms. The Balaban J connectivity index is 1.80. The Bertz CT molecular complexity index is 1110. The first-order chi connectivity index (χ1) is 15.5. The van der Waals surface area contributed by atoms with Crippen LogP contribution in [0.25, 0.3) is 11.3 Å². The van der Waals surface area contributed by atoms with Gasteiger partial charge in [0, 0.05) is 42.0 Å². The summed E-state index contributed by atoms with van der Waals surface area (Å²) in [5.74, 6) is 0.427. The summed E-state index contributed by atoms with van der Waals surface area (Å²) in [7, 11) is 0. The van der Waals surface area contributed by atoms with Crippen LogP contribution in [-0.4, -0.2) is 49.9 Å². The molecule has 33 heavy (non-hydrogen) atoms. The van der Waals surface area contributed by atoms with Crippen molar-refractivity contribution >= 4 is 0 Å². The lowest BCUT2D eigenvalue weighted by Crippen LogP contribution is -2.64. The van der Waals surface area contributed by atoms with E-state index >= 15 is 0 Å². The van der Waals surface area contributed by atoms with Crippen molar-refractivity contribution in [3.8, 4) is 11.3 Å². The maximum atomic E-state index is 12.4. The maximum Gasteiger partial charge on any atom is 0.124 e. The number of benzene rings is 1. The van der Waals surface area contributed by atoms with Crippen molar-refractivity contribution in [2.45, 2.75) is 58.7 Å². The fourth-order valence-corrected chi connectivity index (χ4v) is 4.93. The summed E-state index contributed by atoms with van der Waals surface area (Å²) in [6.07, 6.45) is 3.51. The lowest BCUT2D eigenvalue weighted by atomic mass is 9.62. The van der Waals surface area contributed by atoms with E-state index in [9.17, 15) is 10.2 Å². The van der Waals surface area contributed by atoms with Gasteiger partial charge in [-0.1, -0.05) is 52.0 Å². The van der Waals surface area contributed by atoms with Gasteiger partial charge in [-0.05, 0) is 49.6 Å². The molecule has 1 aliphatic rings. The van der Waals surface area contributed by atoms with Gasteiger partial charge in [-0.2, -0.15) is 5.10 Å². The summed E-state index contributed by atoms with van der Waals surface area (Å²) < 4.78 is 0. The summed E-state index contributed by atoms with van der Waals surface area (Å²) in [5, 5.41) is 30.1. The molecule has 3 N–H and O–H groups in total. The van der Waals surface area contributed by atoms with Gasteiger partial charge in [-0.15, -0.1) is 0 Å². The van der Waals surface area contributed by atoms with Crippen molar-refractivity contribution in [2.24, 2.45) is 5.41 Å². The van der Waals surface area contributed by atoms with E-state index in [2.05, 4.69) is 72.0 Å². The minimum Gasteiger partial charge on any atom is -0.384 e. The molecule has 0 saturated carbocycles. The third-order valence-corrected chi connectivity index (χ3v) is 7.15. The van der Waals surface area contributed by atoms with Crippen molar-refractivity contribution in [3.63, 3.8) is 0 Å². The molecule has 1 aromatic carbocycles. The lowest BCUT2D eigenvalue weighted by Gasteiger charge is -2.56. The Kier molecular flexibility index (Phi) is 5.97. The van der Waals surface area contributed by atoms with Crippen LogP contribution in [0, 0.1) is 5.41 Å². The van der Waals surface area contributed by atoms with Gasteiger partial charge >= 0.3 is 0 Å². The van der Waals surface area contributed by atoms with Crippen molar-refractivity contribution in [1.82, 2.24) is 20.1 Å². The maximum absolute atomic E-state index is 12.4. The van der Waals surface area contributed by atoms with E-state index in [1.54, 1.807) is 26.2 Å². The fourth-order valence-electron chi connectivity index (χ4n) is 4.93. The Labute approximate surface area is 196 Å². The van der Waals surface area contributed by atoms with E-state index in [0.717, 1.165) is 36.3 Å². The van der Waals surface area contributed by atoms with Crippen LogP contribution in [-0.2, 0) is 11.2 Å². The number of aliphatic hydroxyl groups is 2. The molecule has 0 amide bonds. The van der Waals surface area contributed by atoms with E-state index in [4.69, 9.17) is 0 Å².